The van der Waals surface area contributed by atoms with E-state index >= 15 is 0 Å². The summed E-state index contributed by atoms with van der Waals surface area (Å²) >= 11 is 0. The molecule has 0 radical (unpaired) electrons. The van der Waals surface area contributed by atoms with Crippen molar-refractivity contribution in [3.05, 3.63) is 88.8 Å². The molecule has 0 aliphatic carbocycles. The van der Waals surface area contributed by atoms with Crippen LogP contribution in [0.3, 0.4) is 0 Å². The van der Waals surface area contributed by atoms with Gasteiger partial charge in [0.05, 0.1) is 12.5 Å². The Kier molecular flexibility index (Phi) is 3.73. The smallest absolute Gasteiger partial charge is 0.344 e. The highest BCUT2D eigenvalue weighted by atomic mass is 16.5. The van der Waals surface area contributed by atoms with E-state index in [9.17, 15) is 9.90 Å². The van der Waals surface area contributed by atoms with Crippen LogP contribution in [0.1, 0.15) is 11.1 Å². The molecular formula is C22H16O4. The number of hydrogen-bond acceptors (Lipinski definition) is 4. The molecule has 4 nitrogen and oxygen atoms in total. The van der Waals surface area contributed by atoms with E-state index in [4.69, 9.17) is 9.15 Å². The maximum atomic E-state index is 12.5. The van der Waals surface area contributed by atoms with Crippen molar-refractivity contribution in [1.29, 1.82) is 0 Å². The number of hydrogen-bond donors (Lipinski definition) is 1. The molecule has 0 saturated heterocycles. The predicted molar refractivity (Wildman–Crippen MR) is 103 cm³/mol. The minimum absolute atomic E-state index is 0.0726. The van der Waals surface area contributed by atoms with Gasteiger partial charge < -0.3 is 14.3 Å². The summed E-state index contributed by atoms with van der Waals surface area (Å²) in [6.07, 6.45) is 0. The van der Waals surface area contributed by atoms with Crippen molar-refractivity contribution in [2.45, 2.75) is 0 Å². The van der Waals surface area contributed by atoms with E-state index in [2.05, 4.69) is 6.58 Å². The normalized spacial score (nSPS) is 11.0. The molecule has 0 unspecified atom stereocenters. The highest BCUT2D eigenvalue weighted by Crippen LogP contribution is 2.34. The first-order valence-corrected chi connectivity index (χ1v) is 8.11. The minimum Gasteiger partial charge on any atom is -0.504 e. The zero-order valence-electron chi connectivity index (χ0n) is 14.2. The maximum absolute atomic E-state index is 12.5. The fourth-order valence-corrected chi connectivity index (χ4v) is 3.10. The summed E-state index contributed by atoms with van der Waals surface area (Å²) in [5.74, 6) is 0.252. The first kappa shape index (κ1) is 16.0. The van der Waals surface area contributed by atoms with E-state index in [0.717, 1.165) is 22.1 Å². The Balaban J connectivity index is 1.95. The third-order valence-electron chi connectivity index (χ3n) is 4.48. The van der Waals surface area contributed by atoms with Crippen molar-refractivity contribution in [1.82, 2.24) is 0 Å². The molecule has 0 bridgehead atoms. The average Bonchev–Trinajstić information content (AvgIpc) is 2.67. The molecule has 0 spiro atoms. The zero-order chi connectivity index (χ0) is 18.3. The van der Waals surface area contributed by atoms with Gasteiger partial charge in [0.25, 0.3) is 0 Å². The number of rotatable bonds is 3. The molecular weight excluding hydrogens is 328 g/mol. The monoisotopic (exact) mass is 344 g/mol. The number of ether oxygens (including phenoxy) is 1. The average molecular weight is 344 g/mol. The number of aromatic hydroxyl groups is 1. The molecule has 4 aromatic rings. The summed E-state index contributed by atoms with van der Waals surface area (Å²) < 4.78 is 10.6. The number of methoxy groups -OCH3 is 1. The van der Waals surface area contributed by atoms with Crippen LogP contribution in [0, 0.1) is 0 Å². The Morgan fingerprint density at radius 2 is 1.73 bits per heavy atom. The molecule has 128 valence electrons. The van der Waals surface area contributed by atoms with Gasteiger partial charge in [-0.25, -0.2) is 4.79 Å². The van der Waals surface area contributed by atoms with Crippen LogP contribution in [0.15, 0.2) is 76.5 Å². The lowest BCUT2D eigenvalue weighted by Gasteiger charge is -2.10. The molecule has 1 heterocycles. The highest BCUT2D eigenvalue weighted by Gasteiger charge is 2.13. The number of fused-ring (bicyclic) bond motifs is 3. The van der Waals surface area contributed by atoms with Crippen LogP contribution in [0.2, 0.25) is 0 Å². The molecule has 0 aliphatic rings. The fourth-order valence-electron chi connectivity index (χ4n) is 3.10. The van der Waals surface area contributed by atoms with E-state index in [1.54, 1.807) is 12.1 Å². The van der Waals surface area contributed by atoms with Crippen molar-refractivity contribution < 1.29 is 14.3 Å². The second-order valence-corrected chi connectivity index (χ2v) is 6.01. The molecule has 0 saturated carbocycles. The number of benzene rings is 3. The second-order valence-electron chi connectivity index (χ2n) is 6.01. The molecule has 3 aromatic carbocycles. The second kappa shape index (κ2) is 6.08. The third-order valence-corrected chi connectivity index (χ3v) is 4.48. The lowest BCUT2D eigenvalue weighted by Crippen LogP contribution is -2.01. The van der Waals surface area contributed by atoms with Crippen LogP contribution in [0.25, 0.3) is 27.3 Å². The Labute approximate surface area is 149 Å². The Morgan fingerprint density at radius 3 is 2.46 bits per heavy atom. The third kappa shape index (κ3) is 2.52. The lowest BCUT2D eigenvalue weighted by molar-refractivity contribution is 0.373. The first-order chi connectivity index (χ1) is 12.6. The van der Waals surface area contributed by atoms with Crippen LogP contribution >= 0.6 is 0 Å². The molecule has 1 aromatic heterocycles. The quantitative estimate of drug-likeness (QED) is 0.431. The maximum Gasteiger partial charge on any atom is 0.344 e. The molecule has 4 heteroatoms. The van der Waals surface area contributed by atoms with Crippen molar-refractivity contribution in [3.63, 3.8) is 0 Å². The van der Waals surface area contributed by atoms with Gasteiger partial charge in [-0.1, -0.05) is 49.0 Å². The van der Waals surface area contributed by atoms with Gasteiger partial charge in [0.1, 0.15) is 5.58 Å². The summed E-state index contributed by atoms with van der Waals surface area (Å²) in [5, 5.41) is 11.8. The molecule has 26 heavy (non-hydrogen) atoms. The van der Waals surface area contributed by atoms with Gasteiger partial charge in [0, 0.05) is 16.8 Å². The minimum atomic E-state index is -0.459. The largest absolute Gasteiger partial charge is 0.504 e. The van der Waals surface area contributed by atoms with Crippen LogP contribution in [-0.4, -0.2) is 12.2 Å². The van der Waals surface area contributed by atoms with Crippen molar-refractivity contribution in [2.75, 3.05) is 7.11 Å². The van der Waals surface area contributed by atoms with Crippen LogP contribution in [0.5, 0.6) is 11.5 Å². The van der Waals surface area contributed by atoms with Crippen LogP contribution in [-0.2, 0) is 0 Å². The van der Waals surface area contributed by atoms with Gasteiger partial charge in [-0.05, 0) is 28.8 Å². The topological polar surface area (TPSA) is 59.7 Å². The molecule has 4 rings (SSSR count). The fraction of sp³-hybridized carbons (Fsp3) is 0.0455. The van der Waals surface area contributed by atoms with E-state index in [-0.39, 0.29) is 5.75 Å². The lowest BCUT2D eigenvalue weighted by atomic mass is 9.96. The Bertz CT molecular complexity index is 1200. The number of phenols is 1. The number of phenolic OH excluding ortho intramolecular Hbond substituents is 1. The zero-order valence-corrected chi connectivity index (χ0v) is 14.2. The Morgan fingerprint density at radius 1 is 0.962 bits per heavy atom. The van der Waals surface area contributed by atoms with Crippen LogP contribution < -0.4 is 10.4 Å². The molecule has 0 aliphatic heterocycles. The van der Waals surface area contributed by atoms with Gasteiger partial charge in [-0.3, -0.25) is 0 Å². The van der Waals surface area contributed by atoms with E-state index < -0.39 is 5.63 Å². The SMILES string of the molecule is C=C(c1ccccc1)c1ccc2c(c1)c(=O)oc1cc(O)c(OC)cc12. The van der Waals surface area contributed by atoms with Gasteiger partial charge in [0.2, 0.25) is 0 Å². The van der Waals surface area contributed by atoms with Crippen molar-refractivity contribution in [3.8, 4) is 11.5 Å². The summed E-state index contributed by atoms with van der Waals surface area (Å²) in [6, 6.07) is 18.4. The summed E-state index contributed by atoms with van der Waals surface area (Å²) in [5.41, 5.74) is 2.52. The molecule has 1 N–H and O–H groups in total. The van der Waals surface area contributed by atoms with E-state index in [1.807, 2.05) is 42.5 Å². The Hall–Kier alpha value is -3.53. The summed E-state index contributed by atoms with van der Waals surface area (Å²) in [6.45, 7) is 4.15. The van der Waals surface area contributed by atoms with Crippen LogP contribution in [0.4, 0.5) is 0 Å². The first-order valence-electron chi connectivity index (χ1n) is 8.11. The van der Waals surface area contributed by atoms with Gasteiger partial charge in [-0.15, -0.1) is 0 Å². The summed E-state index contributed by atoms with van der Waals surface area (Å²) in [4.78, 5) is 12.5. The summed E-state index contributed by atoms with van der Waals surface area (Å²) in [7, 11) is 1.48. The van der Waals surface area contributed by atoms with Crippen molar-refractivity contribution in [2.24, 2.45) is 0 Å². The van der Waals surface area contributed by atoms with Gasteiger partial charge in [-0.2, -0.15) is 0 Å². The molecule has 0 fully saturated rings. The standard InChI is InChI=1S/C22H16O4/c1-13(14-6-4-3-5-7-14)15-8-9-16-17-11-21(25-2)19(23)12-20(17)26-22(24)18(16)10-15/h3-12,23H,1H2,2H3. The van der Waals surface area contributed by atoms with E-state index in [0.29, 0.717) is 22.1 Å². The highest BCUT2D eigenvalue weighted by molar-refractivity contribution is 6.06. The van der Waals surface area contributed by atoms with Gasteiger partial charge >= 0.3 is 5.63 Å². The molecule has 0 atom stereocenters. The van der Waals surface area contributed by atoms with Crippen molar-refractivity contribution >= 4 is 27.3 Å². The van der Waals surface area contributed by atoms with Gasteiger partial charge in [0.15, 0.2) is 11.5 Å². The van der Waals surface area contributed by atoms with E-state index in [1.165, 1.54) is 13.2 Å². The predicted octanol–water partition coefficient (Wildman–Crippen LogP) is 4.72. The molecule has 0 amide bonds.